The highest BCUT2D eigenvalue weighted by Crippen LogP contribution is 2.53. The van der Waals surface area contributed by atoms with E-state index in [4.69, 9.17) is 30.2 Å². The van der Waals surface area contributed by atoms with E-state index in [2.05, 4.69) is 33.9 Å². The Balaban J connectivity index is 1.86. The van der Waals surface area contributed by atoms with Crippen molar-refractivity contribution < 1.29 is 23.4 Å². The van der Waals surface area contributed by atoms with Crippen LogP contribution in [0.2, 0.25) is 18.1 Å². The van der Waals surface area contributed by atoms with Crippen molar-refractivity contribution in [2.75, 3.05) is 13.4 Å². The summed E-state index contributed by atoms with van der Waals surface area (Å²) in [6, 6.07) is 3.79. The summed E-state index contributed by atoms with van der Waals surface area (Å²) in [5.74, 6) is 0.772. The first-order chi connectivity index (χ1) is 12.1. The fourth-order valence-corrected chi connectivity index (χ4v) is 5.01. The number of cyclic esters (lactones) is 1. The first-order valence-corrected chi connectivity index (χ1v) is 12.1. The topological polar surface area (TPSA) is 54.0 Å². The zero-order valence-electron chi connectivity index (χ0n) is 15.6. The monoisotopic (exact) mass is 394 g/mol. The van der Waals surface area contributed by atoms with Crippen molar-refractivity contribution in [2.24, 2.45) is 5.92 Å². The zero-order valence-corrected chi connectivity index (χ0v) is 17.4. The van der Waals surface area contributed by atoms with E-state index >= 15 is 0 Å². The molecule has 1 saturated heterocycles. The number of halogens is 1. The molecule has 1 aromatic carbocycles. The molecule has 0 amide bonds. The predicted octanol–water partition coefficient (Wildman–Crippen LogP) is 4.61. The Morgan fingerprint density at radius 1 is 1.15 bits per heavy atom. The molecule has 0 unspecified atom stereocenters. The summed E-state index contributed by atoms with van der Waals surface area (Å²) in [6.07, 6.45) is -0.288. The summed E-state index contributed by atoms with van der Waals surface area (Å²) in [5.41, 5.74) is 2.22. The van der Waals surface area contributed by atoms with Gasteiger partial charge in [0.25, 0.3) is 0 Å². The molecule has 0 spiro atoms. The second-order valence-corrected chi connectivity index (χ2v) is 13.7. The van der Waals surface area contributed by atoms with Crippen molar-refractivity contribution in [3.8, 4) is 11.5 Å². The van der Waals surface area contributed by atoms with Gasteiger partial charge in [-0.05, 0) is 35.8 Å². The molecule has 0 aromatic heterocycles. The number of hydrogen-bond acceptors (Lipinski definition) is 5. The van der Waals surface area contributed by atoms with Gasteiger partial charge in [0.15, 0.2) is 19.8 Å². The maximum absolute atomic E-state index is 12.3. The molecular formula is C19H23ClO5Si. The van der Waals surface area contributed by atoms with Gasteiger partial charge in [-0.25, -0.2) is 4.79 Å². The van der Waals surface area contributed by atoms with Crippen LogP contribution >= 0.6 is 11.6 Å². The molecule has 26 heavy (non-hydrogen) atoms. The molecule has 1 aliphatic carbocycles. The number of hydrogen-bond donors (Lipinski definition) is 0. The third-order valence-electron chi connectivity index (χ3n) is 5.90. The summed E-state index contributed by atoms with van der Waals surface area (Å²) in [6.45, 7) is 11.5. The Morgan fingerprint density at radius 2 is 1.81 bits per heavy atom. The van der Waals surface area contributed by atoms with Crippen LogP contribution in [0.5, 0.6) is 11.5 Å². The van der Waals surface area contributed by atoms with Crippen LogP contribution in [0.25, 0.3) is 5.03 Å². The summed E-state index contributed by atoms with van der Waals surface area (Å²) in [5, 5.41) is 0.471. The summed E-state index contributed by atoms with van der Waals surface area (Å²) >= 11 is 6.61. The third-order valence-corrected chi connectivity index (χ3v) is 10.8. The first-order valence-electron chi connectivity index (χ1n) is 8.78. The molecule has 3 aliphatic rings. The highest BCUT2D eigenvalue weighted by Gasteiger charge is 2.49. The Bertz CT molecular complexity index is 824. The molecule has 2 aliphatic heterocycles. The van der Waals surface area contributed by atoms with Gasteiger partial charge in [-0.2, -0.15) is 0 Å². The van der Waals surface area contributed by atoms with Crippen molar-refractivity contribution in [3.63, 3.8) is 0 Å². The number of carbonyl (C=O) groups excluding carboxylic acids is 1. The first kappa shape index (κ1) is 17.9. The van der Waals surface area contributed by atoms with Crippen LogP contribution in [-0.4, -0.2) is 27.7 Å². The number of esters is 1. The summed E-state index contributed by atoms with van der Waals surface area (Å²) in [7, 11) is -2.09. The van der Waals surface area contributed by atoms with E-state index in [9.17, 15) is 4.79 Å². The Hall–Kier alpha value is -1.50. The van der Waals surface area contributed by atoms with Gasteiger partial charge in [-0.1, -0.05) is 32.4 Å². The van der Waals surface area contributed by atoms with Crippen LogP contribution in [0.1, 0.15) is 38.0 Å². The SMILES string of the molecule is CC(C)(C)[Si](C)(C)O[C@@H]1c2cc3c(cc2C(Cl)=C2C(=O)OC[C@@H]21)OCO3. The molecule has 1 aromatic rings. The largest absolute Gasteiger partial charge is 0.462 e. The van der Waals surface area contributed by atoms with Crippen LogP contribution < -0.4 is 9.47 Å². The molecule has 2 heterocycles. The number of carbonyl (C=O) groups is 1. The summed E-state index contributed by atoms with van der Waals surface area (Å²) in [4.78, 5) is 12.3. The molecule has 0 saturated carbocycles. The van der Waals surface area contributed by atoms with Crippen LogP contribution in [-0.2, 0) is 14.0 Å². The molecule has 7 heteroatoms. The molecule has 2 atom stereocenters. The predicted molar refractivity (Wildman–Crippen MR) is 101 cm³/mol. The fraction of sp³-hybridized carbons (Fsp3) is 0.526. The minimum absolute atomic E-state index is 0.0398. The normalized spacial score (nSPS) is 24.5. The van der Waals surface area contributed by atoms with Crippen molar-refractivity contribution in [3.05, 3.63) is 28.8 Å². The van der Waals surface area contributed by atoms with Crippen molar-refractivity contribution in [1.82, 2.24) is 0 Å². The average Bonchev–Trinajstić information content (AvgIpc) is 3.15. The van der Waals surface area contributed by atoms with E-state index in [0.717, 1.165) is 11.1 Å². The van der Waals surface area contributed by atoms with Crippen molar-refractivity contribution in [2.45, 2.75) is 45.0 Å². The van der Waals surface area contributed by atoms with Gasteiger partial charge in [-0.3, -0.25) is 0 Å². The lowest BCUT2D eigenvalue weighted by Crippen LogP contribution is -2.44. The van der Waals surface area contributed by atoms with E-state index < -0.39 is 8.32 Å². The Kier molecular flexibility index (Phi) is 3.95. The van der Waals surface area contributed by atoms with Gasteiger partial charge in [0, 0.05) is 5.56 Å². The van der Waals surface area contributed by atoms with Crippen LogP contribution in [0.4, 0.5) is 0 Å². The van der Waals surface area contributed by atoms with Crippen LogP contribution in [0.3, 0.4) is 0 Å². The minimum Gasteiger partial charge on any atom is -0.462 e. The third kappa shape index (κ3) is 2.58. The van der Waals surface area contributed by atoms with E-state index in [1.54, 1.807) is 0 Å². The maximum atomic E-state index is 12.3. The standard InChI is InChI=1S/C19H23ClO5Si/c1-19(2,3)26(4,5)25-17-11-7-14-13(23-9-24-14)6-10(11)16(20)15-12(17)8-22-18(15)21/h6-7,12,17H,8-9H2,1-5H3/t12-,17+/m0/s1. The van der Waals surface area contributed by atoms with Gasteiger partial charge in [-0.15, -0.1) is 0 Å². The Morgan fingerprint density at radius 3 is 2.46 bits per heavy atom. The lowest BCUT2D eigenvalue weighted by molar-refractivity contribution is -0.135. The number of ether oxygens (including phenoxy) is 3. The van der Waals surface area contributed by atoms with E-state index in [-0.39, 0.29) is 36.4 Å². The van der Waals surface area contributed by atoms with Gasteiger partial charge in [0.1, 0.15) is 6.61 Å². The summed E-state index contributed by atoms with van der Waals surface area (Å²) < 4.78 is 23.1. The van der Waals surface area contributed by atoms with Gasteiger partial charge in [0.05, 0.1) is 22.6 Å². The number of rotatable bonds is 2. The second kappa shape index (κ2) is 5.75. The van der Waals surface area contributed by atoms with Gasteiger partial charge < -0.3 is 18.6 Å². The highest BCUT2D eigenvalue weighted by atomic mass is 35.5. The van der Waals surface area contributed by atoms with E-state index in [0.29, 0.717) is 22.1 Å². The van der Waals surface area contributed by atoms with E-state index in [1.807, 2.05) is 12.1 Å². The number of fused-ring (bicyclic) bond motifs is 3. The second-order valence-electron chi connectivity index (χ2n) is 8.52. The van der Waals surface area contributed by atoms with Gasteiger partial charge in [0.2, 0.25) is 6.79 Å². The maximum Gasteiger partial charge on any atom is 0.336 e. The number of benzene rings is 1. The minimum atomic E-state index is -2.09. The fourth-order valence-electron chi connectivity index (χ4n) is 3.35. The zero-order chi connectivity index (χ0) is 18.9. The van der Waals surface area contributed by atoms with E-state index in [1.165, 1.54) is 0 Å². The average molecular weight is 395 g/mol. The molecule has 0 N–H and O–H groups in total. The van der Waals surface area contributed by atoms with Crippen molar-refractivity contribution >= 4 is 30.9 Å². The lowest BCUT2D eigenvalue weighted by atomic mass is 9.82. The van der Waals surface area contributed by atoms with Gasteiger partial charge >= 0.3 is 5.97 Å². The van der Waals surface area contributed by atoms with Crippen LogP contribution in [0.15, 0.2) is 17.7 Å². The van der Waals surface area contributed by atoms with Crippen LogP contribution in [0, 0.1) is 5.92 Å². The quantitative estimate of drug-likeness (QED) is 0.541. The lowest BCUT2D eigenvalue weighted by Gasteiger charge is -2.42. The molecule has 0 radical (unpaired) electrons. The Labute approximate surface area is 159 Å². The molecule has 0 bridgehead atoms. The van der Waals surface area contributed by atoms with Crippen molar-refractivity contribution in [1.29, 1.82) is 0 Å². The molecule has 5 nitrogen and oxygen atoms in total. The smallest absolute Gasteiger partial charge is 0.336 e. The molecular weight excluding hydrogens is 372 g/mol. The molecule has 1 fully saturated rings. The molecule has 4 rings (SSSR count). The molecule has 140 valence electrons. The highest BCUT2D eigenvalue weighted by molar-refractivity contribution is 6.74.